The third-order valence-electron chi connectivity index (χ3n) is 5.32. The summed E-state index contributed by atoms with van der Waals surface area (Å²) in [5, 5.41) is 0. The molecule has 0 saturated heterocycles. The number of methoxy groups -OCH3 is 1. The van der Waals surface area contributed by atoms with Crippen LogP contribution in [0.2, 0.25) is 0 Å². The highest BCUT2D eigenvalue weighted by Crippen LogP contribution is 2.46. The van der Waals surface area contributed by atoms with E-state index in [9.17, 15) is 0 Å². The van der Waals surface area contributed by atoms with E-state index < -0.39 is 0 Å². The zero-order valence-electron chi connectivity index (χ0n) is 15.5. The largest absolute Gasteiger partial charge is 0.493 e. The third kappa shape index (κ3) is 3.24. The van der Waals surface area contributed by atoms with Crippen LogP contribution in [0.3, 0.4) is 0 Å². The summed E-state index contributed by atoms with van der Waals surface area (Å²) in [6.45, 7) is 10.4. The number of hydrogen-bond donors (Lipinski definition) is 0. The third-order valence-corrected chi connectivity index (χ3v) is 5.32. The number of ether oxygens (including phenoxy) is 3. The van der Waals surface area contributed by atoms with Crippen molar-refractivity contribution in [3.63, 3.8) is 0 Å². The molecule has 3 rings (SSSR count). The molecule has 2 heterocycles. The summed E-state index contributed by atoms with van der Waals surface area (Å²) in [4.78, 5) is 4.89. The molecular formula is C20H29NO3. The van der Waals surface area contributed by atoms with E-state index in [1.165, 1.54) is 24.1 Å². The molecule has 2 unspecified atom stereocenters. The molecule has 132 valence electrons. The Bertz CT molecular complexity index is 636. The molecule has 4 heteroatoms. The lowest BCUT2D eigenvalue weighted by molar-refractivity contribution is 0.171. The first-order chi connectivity index (χ1) is 11.4. The number of hydrogen-bond acceptors (Lipinski definition) is 4. The number of rotatable bonds is 6. The molecule has 1 aromatic rings. The van der Waals surface area contributed by atoms with Crippen LogP contribution >= 0.6 is 0 Å². The van der Waals surface area contributed by atoms with Gasteiger partial charge in [-0.3, -0.25) is 4.99 Å². The normalized spacial score (nSPS) is 22.6. The fourth-order valence-electron chi connectivity index (χ4n) is 3.98. The molecule has 0 aromatic heterocycles. The van der Waals surface area contributed by atoms with E-state index in [2.05, 4.69) is 39.8 Å². The summed E-state index contributed by atoms with van der Waals surface area (Å²) < 4.78 is 16.6. The van der Waals surface area contributed by atoms with Crippen molar-refractivity contribution in [3.05, 3.63) is 17.7 Å². The lowest BCUT2D eigenvalue weighted by atomic mass is 9.77. The van der Waals surface area contributed by atoms with E-state index in [1.54, 1.807) is 7.11 Å². The lowest BCUT2D eigenvalue weighted by Gasteiger charge is -2.26. The molecule has 0 saturated carbocycles. The van der Waals surface area contributed by atoms with Gasteiger partial charge in [-0.2, -0.15) is 0 Å². The van der Waals surface area contributed by atoms with Crippen LogP contribution < -0.4 is 14.2 Å². The van der Waals surface area contributed by atoms with Crippen LogP contribution in [0.25, 0.3) is 0 Å². The SMILES string of the molecule is CCCC(C)(C)CC1=NCC(c2cc(OC)c3c(c2)OCO3)C1C. The van der Waals surface area contributed by atoms with Gasteiger partial charge in [-0.1, -0.05) is 34.1 Å². The Morgan fingerprint density at radius 2 is 2.08 bits per heavy atom. The Balaban J connectivity index is 1.78. The Labute approximate surface area is 145 Å². The van der Waals surface area contributed by atoms with Gasteiger partial charge in [-0.15, -0.1) is 0 Å². The summed E-state index contributed by atoms with van der Waals surface area (Å²) in [5.41, 5.74) is 2.91. The second kappa shape index (κ2) is 6.66. The van der Waals surface area contributed by atoms with Gasteiger partial charge in [-0.05, 0) is 36.0 Å². The van der Waals surface area contributed by atoms with Crippen LogP contribution in [-0.4, -0.2) is 26.2 Å². The minimum Gasteiger partial charge on any atom is -0.493 e. The topological polar surface area (TPSA) is 40.0 Å². The van der Waals surface area contributed by atoms with Gasteiger partial charge < -0.3 is 14.2 Å². The van der Waals surface area contributed by atoms with E-state index >= 15 is 0 Å². The van der Waals surface area contributed by atoms with Crippen molar-refractivity contribution in [1.29, 1.82) is 0 Å². The van der Waals surface area contributed by atoms with E-state index in [4.69, 9.17) is 19.2 Å². The van der Waals surface area contributed by atoms with Gasteiger partial charge in [0.05, 0.1) is 7.11 Å². The maximum absolute atomic E-state index is 5.58. The van der Waals surface area contributed by atoms with Gasteiger partial charge in [0.15, 0.2) is 11.5 Å². The Kier molecular flexibility index (Phi) is 4.75. The number of fused-ring (bicyclic) bond motifs is 1. The molecule has 0 fully saturated rings. The first-order valence-corrected chi connectivity index (χ1v) is 8.96. The highest BCUT2D eigenvalue weighted by molar-refractivity contribution is 5.89. The molecule has 0 spiro atoms. The predicted molar refractivity (Wildman–Crippen MR) is 96.6 cm³/mol. The van der Waals surface area contributed by atoms with Gasteiger partial charge >= 0.3 is 0 Å². The summed E-state index contributed by atoms with van der Waals surface area (Å²) in [6.07, 6.45) is 3.54. The molecule has 0 bridgehead atoms. The Morgan fingerprint density at radius 1 is 1.29 bits per heavy atom. The highest BCUT2D eigenvalue weighted by atomic mass is 16.7. The van der Waals surface area contributed by atoms with Gasteiger partial charge in [-0.25, -0.2) is 0 Å². The fourth-order valence-corrected chi connectivity index (χ4v) is 3.98. The summed E-state index contributed by atoms with van der Waals surface area (Å²) >= 11 is 0. The van der Waals surface area contributed by atoms with Crippen LogP contribution in [0.4, 0.5) is 0 Å². The maximum Gasteiger partial charge on any atom is 0.231 e. The average Bonchev–Trinajstić information content (AvgIpc) is 3.13. The van der Waals surface area contributed by atoms with Crippen LogP contribution in [-0.2, 0) is 0 Å². The van der Waals surface area contributed by atoms with Gasteiger partial charge in [0.1, 0.15) is 0 Å². The minimum absolute atomic E-state index is 0.266. The molecule has 2 atom stereocenters. The minimum atomic E-state index is 0.266. The van der Waals surface area contributed by atoms with Crippen molar-refractivity contribution in [2.75, 3.05) is 20.4 Å². The molecule has 1 aromatic carbocycles. The lowest BCUT2D eigenvalue weighted by Crippen LogP contribution is -2.22. The molecule has 4 nitrogen and oxygen atoms in total. The second-order valence-electron chi connectivity index (χ2n) is 7.78. The van der Waals surface area contributed by atoms with E-state index in [-0.39, 0.29) is 6.79 Å². The molecular weight excluding hydrogens is 302 g/mol. The molecule has 0 N–H and O–H groups in total. The highest BCUT2D eigenvalue weighted by Gasteiger charge is 2.34. The van der Waals surface area contributed by atoms with Crippen LogP contribution in [0.15, 0.2) is 17.1 Å². The van der Waals surface area contributed by atoms with Gasteiger partial charge in [0.25, 0.3) is 0 Å². The summed E-state index contributed by atoms with van der Waals surface area (Å²) in [6, 6.07) is 4.19. The molecule has 24 heavy (non-hydrogen) atoms. The monoisotopic (exact) mass is 331 g/mol. The van der Waals surface area contributed by atoms with Gasteiger partial charge in [0.2, 0.25) is 12.5 Å². The number of aliphatic imine (C=N–C) groups is 1. The molecule has 2 aliphatic heterocycles. The van der Waals surface area contributed by atoms with Crippen molar-refractivity contribution < 1.29 is 14.2 Å². The zero-order chi connectivity index (χ0) is 17.3. The zero-order valence-corrected chi connectivity index (χ0v) is 15.5. The molecule has 2 aliphatic rings. The average molecular weight is 331 g/mol. The van der Waals surface area contributed by atoms with Crippen molar-refractivity contribution in [2.45, 2.75) is 52.9 Å². The van der Waals surface area contributed by atoms with E-state index in [0.29, 0.717) is 17.3 Å². The summed E-state index contributed by atoms with van der Waals surface area (Å²) in [5.74, 6) is 3.10. The smallest absolute Gasteiger partial charge is 0.231 e. The predicted octanol–water partition coefficient (Wildman–Crippen LogP) is 4.81. The van der Waals surface area contributed by atoms with Crippen molar-refractivity contribution in [1.82, 2.24) is 0 Å². The number of nitrogens with zero attached hydrogens (tertiary/aromatic N) is 1. The van der Waals surface area contributed by atoms with E-state index in [1.807, 2.05) is 0 Å². The van der Waals surface area contributed by atoms with Gasteiger partial charge in [0, 0.05) is 24.1 Å². The quantitative estimate of drug-likeness (QED) is 0.750. The van der Waals surface area contributed by atoms with Crippen molar-refractivity contribution >= 4 is 5.71 Å². The standard InChI is InChI=1S/C20H29NO3/c1-6-7-20(3,4)10-16-13(2)15(11-21-16)14-8-17(22-5)19-18(9-14)23-12-24-19/h8-9,13,15H,6-7,10-12H2,1-5H3. The molecule has 0 radical (unpaired) electrons. The van der Waals surface area contributed by atoms with Crippen molar-refractivity contribution in [2.24, 2.45) is 16.3 Å². The molecule has 0 amide bonds. The fraction of sp³-hybridized carbons (Fsp3) is 0.650. The first-order valence-electron chi connectivity index (χ1n) is 8.96. The molecule has 0 aliphatic carbocycles. The van der Waals surface area contributed by atoms with Crippen LogP contribution in [0, 0.1) is 11.3 Å². The number of benzene rings is 1. The Morgan fingerprint density at radius 3 is 2.79 bits per heavy atom. The summed E-state index contributed by atoms with van der Waals surface area (Å²) in [7, 11) is 1.67. The van der Waals surface area contributed by atoms with Crippen LogP contribution in [0.5, 0.6) is 17.2 Å². The Hall–Kier alpha value is -1.71. The van der Waals surface area contributed by atoms with E-state index in [0.717, 1.165) is 30.2 Å². The van der Waals surface area contributed by atoms with Crippen LogP contribution in [0.1, 0.15) is 58.4 Å². The van der Waals surface area contributed by atoms with Crippen molar-refractivity contribution in [3.8, 4) is 17.2 Å². The maximum atomic E-state index is 5.58. The first kappa shape index (κ1) is 17.1. The second-order valence-corrected chi connectivity index (χ2v) is 7.78.